The van der Waals surface area contributed by atoms with Gasteiger partial charge in [-0.25, -0.2) is 4.98 Å². The van der Waals surface area contributed by atoms with Crippen LogP contribution < -0.4 is 15.8 Å². The molecule has 1 aliphatic heterocycles. The Bertz CT molecular complexity index is 1080. The minimum Gasteiger partial charge on any atom is -0.396 e. The van der Waals surface area contributed by atoms with Crippen molar-refractivity contribution in [2.75, 3.05) is 23.4 Å². The van der Waals surface area contributed by atoms with Gasteiger partial charge >= 0.3 is 0 Å². The third-order valence-electron chi connectivity index (χ3n) is 5.70. The molecule has 160 valence electrons. The fourth-order valence-corrected chi connectivity index (χ4v) is 4.59. The number of aromatic nitrogens is 4. The quantitative estimate of drug-likeness (QED) is 0.464. The van der Waals surface area contributed by atoms with E-state index in [-0.39, 0.29) is 12.2 Å². The number of rotatable bonds is 7. The van der Waals surface area contributed by atoms with Gasteiger partial charge in [0, 0.05) is 49.6 Å². The molecule has 1 atom stereocenters. The highest BCUT2D eigenvalue weighted by atomic mass is 127. The van der Waals surface area contributed by atoms with Crippen LogP contribution >= 0.6 is 22.9 Å². The first kappa shape index (κ1) is 21.1. The predicted octanol–water partition coefficient (Wildman–Crippen LogP) is 3.00. The van der Waals surface area contributed by atoms with Crippen molar-refractivity contribution in [1.82, 2.24) is 17.4 Å². The first-order chi connectivity index (χ1) is 14.6. The summed E-state index contributed by atoms with van der Waals surface area (Å²) in [5.74, 6) is 1.80. The second-order valence-electron chi connectivity index (χ2n) is 7.65. The van der Waals surface area contributed by atoms with Crippen LogP contribution in [0.4, 0.5) is 11.6 Å². The average molecular weight is 522 g/mol. The van der Waals surface area contributed by atoms with E-state index in [1.807, 2.05) is 45.8 Å². The average Bonchev–Trinajstić information content (AvgIpc) is 3.18. The maximum Gasteiger partial charge on any atom is 0.259 e. The standard InChI is InChI=1S/C21H27IN6O2/c1-2-16-13-24-28-18(23-12-15-6-7-20(30)27(22)14-15)11-19(25-21(16)28)26-9-4-3-5-17(26)8-10-29/h6-7,11,13-14,17,23,29H,2-5,8-10,12H2,1H3/t17-/m0/s1. The molecule has 8 nitrogen and oxygen atoms in total. The van der Waals surface area contributed by atoms with Gasteiger partial charge in [0.25, 0.3) is 5.56 Å². The molecule has 1 fully saturated rings. The molecular formula is C21H27IN6O2. The summed E-state index contributed by atoms with van der Waals surface area (Å²) in [6, 6.07) is 5.77. The van der Waals surface area contributed by atoms with E-state index in [1.54, 1.807) is 8.85 Å². The van der Waals surface area contributed by atoms with Crippen molar-refractivity contribution in [3.8, 4) is 0 Å². The van der Waals surface area contributed by atoms with E-state index in [9.17, 15) is 9.90 Å². The monoisotopic (exact) mass is 522 g/mol. The molecule has 4 rings (SSSR count). The smallest absolute Gasteiger partial charge is 0.259 e. The van der Waals surface area contributed by atoms with Crippen LogP contribution in [0, 0.1) is 0 Å². The van der Waals surface area contributed by atoms with Crippen LogP contribution in [0.5, 0.6) is 0 Å². The summed E-state index contributed by atoms with van der Waals surface area (Å²) in [5.41, 5.74) is 2.95. The van der Waals surface area contributed by atoms with Crippen molar-refractivity contribution in [1.29, 1.82) is 0 Å². The lowest BCUT2D eigenvalue weighted by molar-refractivity contribution is 0.262. The number of pyridine rings is 1. The van der Waals surface area contributed by atoms with Gasteiger partial charge in [-0.2, -0.15) is 9.61 Å². The number of anilines is 2. The summed E-state index contributed by atoms with van der Waals surface area (Å²) in [5, 5.41) is 17.5. The van der Waals surface area contributed by atoms with Crippen molar-refractivity contribution in [2.45, 2.75) is 51.6 Å². The van der Waals surface area contributed by atoms with Crippen LogP contribution in [0.1, 0.15) is 43.7 Å². The number of nitrogens with one attached hydrogen (secondary N) is 1. The van der Waals surface area contributed by atoms with Crippen LogP contribution in [0.3, 0.4) is 0 Å². The number of aliphatic hydroxyl groups is 1. The molecule has 3 aromatic rings. The summed E-state index contributed by atoms with van der Waals surface area (Å²) in [6.07, 6.45) is 8.72. The number of halogens is 1. The Morgan fingerprint density at radius 1 is 1.33 bits per heavy atom. The molecule has 0 radical (unpaired) electrons. The van der Waals surface area contributed by atoms with Crippen LogP contribution in [-0.2, 0) is 13.0 Å². The molecule has 4 heterocycles. The summed E-state index contributed by atoms with van der Waals surface area (Å²) < 4.78 is 3.41. The Hall–Kier alpha value is -2.14. The SMILES string of the molecule is CCc1cnn2c(NCc3ccc(=O)n(I)c3)cc(N3CCCC[C@H]3CCO)nc12. The van der Waals surface area contributed by atoms with Crippen LogP contribution in [0.2, 0.25) is 0 Å². The van der Waals surface area contributed by atoms with Gasteiger partial charge in [-0.1, -0.05) is 13.0 Å². The lowest BCUT2D eigenvalue weighted by atomic mass is 9.99. The highest BCUT2D eigenvalue weighted by molar-refractivity contribution is 14.1. The molecule has 0 spiro atoms. The number of fused-ring (bicyclic) bond motifs is 1. The molecule has 2 N–H and O–H groups in total. The molecule has 0 aliphatic carbocycles. The third kappa shape index (κ3) is 4.31. The minimum atomic E-state index is -0.0346. The van der Waals surface area contributed by atoms with Gasteiger partial charge < -0.3 is 15.3 Å². The van der Waals surface area contributed by atoms with Crippen molar-refractivity contribution >= 4 is 40.1 Å². The molecule has 0 saturated carbocycles. The summed E-state index contributed by atoms with van der Waals surface area (Å²) >= 11 is 1.99. The molecule has 1 saturated heterocycles. The number of piperidine rings is 1. The predicted molar refractivity (Wildman–Crippen MR) is 126 cm³/mol. The molecule has 9 heteroatoms. The second kappa shape index (κ2) is 9.34. The van der Waals surface area contributed by atoms with Crippen molar-refractivity contribution in [3.63, 3.8) is 0 Å². The number of hydrogen-bond donors (Lipinski definition) is 2. The van der Waals surface area contributed by atoms with Gasteiger partial charge in [-0.15, -0.1) is 0 Å². The highest BCUT2D eigenvalue weighted by Gasteiger charge is 2.24. The summed E-state index contributed by atoms with van der Waals surface area (Å²) in [7, 11) is 0. The van der Waals surface area contributed by atoms with E-state index in [4.69, 9.17) is 4.98 Å². The Balaban J connectivity index is 1.69. The zero-order valence-electron chi connectivity index (χ0n) is 17.1. The van der Waals surface area contributed by atoms with Crippen molar-refractivity contribution in [2.24, 2.45) is 0 Å². The van der Waals surface area contributed by atoms with E-state index in [0.717, 1.165) is 60.6 Å². The Labute approximate surface area is 189 Å². The van der Waals surface area contributed by atoms with Gasteiger partial charge in [0.1, 0.15) is 11.6 Å². The van der Waals surface area contributed by atoms with Gasteiger partial charge in [0.2, 0.25) is 0 Å². The first-order valence-corrected chi connectivity index (χ1v) is 11.4. The van der Waals surface area contributed by atoms with E-state index >= 15 is 0 Å². The Morgan fingerprint density at radius 3 is 2.97 bits per heavy atom. The molecule has 0 aromatic carbocycles. The molecule has 0 bridgehead atoms. The minimum absolute atomic E-state index is 0.0346. The van der Waals surface area contributed by atoms with E-state index in [1.165, 1.54) is 6.42 Å². The maximum atomic E-state index is 11.6. The lowest BCUT2D eigenvalue weighted by Crippen LogP contribution is -2.40. The number of aliphatic hydroxyl groups excluding tert-OH is 1. The van der Waals surface area contributed by atoms with E-state index in [2.05, 4.69) is 28.3 Å². The topological polar surface area (TPSA) is 87.7 Å². The Morgan fingerprint density at radius 2 is 2.20 bits per heavy atom. The zero-order chi connectivity index (χ0) is 21.1. The molecule has 3 aromatic heterocycles. The summed E-state index contributed by atoms with van der Waals surface area (Å²) in [6.45, 7) is 3.82. The van der Waals surface area contributed by atoms with Crippen LogP contribution in [0.15, 0.2) is 35.4 Å². The largest absolute Gasteiger partial charge is 0.396 e. The van der Waals surface area contributed by atoms with E-state index in [0.29, 0.717) is 12.6 Å². The fraction of sp³-hybridized carbons (Fsp3) is 0.476. The maximum absolute atomic E-state index is 11.6. The van der Waals surface area contributed by atoms with Crippen molar-refractivity contribution < 1.29 is 5.11 Å². The third-order valence-corrected chi connectivity index (χ3v) is 6.45. The van der Waals surface area contributed by atoms with Gasteiger partial charge in [-0.05, 0) is 37.7 Å². The first-order valence-electron chi connectivity index (χ1n) is 10.5. The fourth-order valence-electron chi connectivity index (χ4n) is 4.07. The molecule has 0 amide bonds. The molecule has 0 unspecified atom stereocenters. The van der Waals surface area contributed by atoms with Crippen LogP contribution in [0.25, 0.3) is 5.65 Å². The van der Waals surface area contributed by atoms with Gasteiger partial charge in [-0.3, -0.25) is 7.58 Å². The number of aryl methyl sites for hydroxylation is 1. The van der Waals surface area contributed by atoms with Gasteiger partial charge in [0.15, 0.2) is 5.65 Å². The highest BCUT2D eigenvalue weighted by Crippen LogP contribution is 2.29. The normalized spacial score (nSPS) is 16.9. The van der Waals surface area contributed by atoms with E-state index < -0.39 is 0 Å². The number of nitrogens with zero attached hydrogens (tertiary/aromatic N) is 5. The summed E-state index contributed by atoms with van der Waals surface area (Å²) in [4.78, 5) is 18.9. The van der Waals surface area contributed by atoms with Crippen molar-refractivity contribution in [3.05, 3.63) is 52.1 Å². The lowest BCUT2D eigenvalue weighted by Gasteiger charge is -2.36. The molecule has 30 heavy (non-hydrogen) atoms. The Kier molecular flexibility index (Phi) is 6.57. The second-order valence-corrected chi connectivity index (χ2v) is 8.69. The molecular weight excluding hydrogens is 495 g/mol. The molecule has 1 aliphatic rings. The van der Waals surface area contributed by atoms with Crippen LogP contribution in [-0.4, -0.2) is 41.7 Å². The van der Waals surface area contributed by atoms with Gasteiger partial charge in [0.05, 0.1) is 29.1 Å². The zero-order valence-corrected chi connectivity index (χ0v) is 19.2. The number of hydrogen-bond acceptors (Lipinski definition) is 6.